The van der Waals surface area contributed by atoms with Crippen LogP contribution in [0.5, 0.6) is 0 Å². The number of hydrogen-bond donors (Lipinski definition) is 1. The van der Waals surface area contributed by atoms with Crippen molar-refractivity contribution in [2.75, 3.05) is 12.8 Å². The van der Waals surface area contributed by atoms with Crippen molar-refractivity contribution >= 4 is 21.7 Å². The summed E-state index contributed by atoms with van der Waals surface area (Å²) in [6.45, 7) is -0.128. The smallest absolute Gasteiger partial charge is 0.320 e. The summed E-state index contributed by atoms with van der Waals surface area (Å²) in [6, 6.07) is 5.49. The molecule has 0 radical (unpaired) electrons. The highest BCUT2D eigenvalue weighted by molar-refractivity contribution is 7.89. The third-order valence-corrected chi connectivity index (χ3v) is 4.00. The summed E-state index contributed by atoms with van der Waals surface area (Å²) >= 11 is 0. The van der Waals surface area contributed by atoms with Crippen LogP contribution in [0.2, 0.25) is 0 Å². The Bertz CT molecular complexity index is 598. The number of rotatable bonds is 6. The van der Waals surface area contributed by atoms with Gasteiger partial charge in [0.15, 0.2) is 5.75 Å². The molecule has 0 saturated carbocycles. The van der Waals surface area contributed by atoms with E-state index in [4.69, 9.17) is 5.11 Å². The van der Waals surface area contributed by atoms with E-state index < -0.39 is 26.7 Å². The van der Waals surface area contributed by atoms with Gasteiger partial charge in [-0.2, -0.15) is 0 Å². The van der Waals surface area contributed by atoms with Crippen LogP contribution in [0.4, 0.5) is 5.69 Å². The minimum Gasteiger partial charge on any atom is -0.480 e. The van der Waals surface area contributed by atoms with Crippen LogP contribution in [-0.4, -0.2) is 41.5 Å². The van der Waals surface area contributed by atoms with Crippen LogP contribution in [0.25, 0.3) is 0 Å². The number of hydrogen-bond acceptors (Lipinski definition) is 5. The van der Waals surface area contributed by atoms with Crippen LogP contribution in [0, 0.1) is 10.1 Å². The number of carbonyl (C=O) groups is 1. The van der Waals surface area contributed by atoms with Gasteiger partial charge in [0.2, 0.25) is 10.0 Å². The lowest BCUT2D eigenvalue weighted by Crippen LogP contribution is -2.31. The van der Waals surface area contributed by atoms with E-state index in [2.05, 4.69) is 0 Å². The highest BCUT2D eigenvalue weighted by Gasteiger charge is 2.22. The Morgan fingerprint density at radius 2 is 2.11 bits per heavy atom. The summed E-state index contributed by atoms with van der Waals surface area (Å²) in [7, 11) is -2.71. The van der Waals surface area contributed by atoms with Crippen LogP contribution >= 0.6 is 0 Å². The average molecular weight is 288 g/mol. The van der Waals surface area contributed by atoms with E-state index >= 15 is 0 Å². The molecule has 1 aromatic rings. The zero-order valence-electron chi connectivity index (χ0n) is 10.0. The topological polar surface area (TPSA) is 118 Å². The monoisotopic (exact) mass is 288 g/mol. The zero-order chi connectivity index (χ0) is 14.6. The van der Waals surface area contributed by atoms with Gasteiger partial charge in [0.1, 0.15) is 0 Å². The maximum Gasteiger partial charge on any atom is 0.320 e. The predicted octanol–water partition coefficient (Wildman–Crippen LogP) is 0.441. The maximum absolute atomic E-state index is 11.6. The molecule has 0 spiro atoms. The SMILES string of the molecule is CN(Cc1cccc([N+](=O)[O-])c1)S(=O)(=O)CC(=O)O. The summed E-state index contributed by atoms with van der Waals surface area (Å²) in [4.78, 5) is 20.4. The lowest BCUT2D eigenvalue weighted by Gasteiger charge is -2.15. The first-order chi connectivity index (χ1) is 8.72. The van der Waals surface area contributed by atoms with Crippen molar-refractivity contribution < 1.29 is 23.2 Å². The minimum absolute atomic E-state index is 0.128. The van der Waals surface area contributed by atoms with Crippen LogP contribution < -0.4 is 0 Å². The molecule has 0 atom stereocenters. The third-order valence-electron chi connectivity index (χ3n) is 2.31. The van der Waals surface area contributed by atoms with Crippen molar-refractivity contribution in [1.29, 1.82) is 0 Å². The minimum atomic E-state index is -3.93. The molecular weight excluding hydrogens is 276 g/mol. The fourth-order valence-corrected chi connectivity index (χ4v) is 2.27. The molecule has 0 bridgehead atoms. The number of sulfonamides is 1. The highest BCUT2D eigenvalue weighted by atomic mass is 32.2. The first-order valence-electron chi connectivity index (χ1n) is 5.11. The van der Waals surface area contributed by atoms with Gasteiger partial charge in [-0.1, -0.05) is 12.1 Å². The zero-order valence-corrected chi connectivity index (χ0v) is 10.8. The van der Waals surface area contributed by atoms with Gasteiger partial charge in [-0.25, -0.2) is 12.7 Å². The van der Waals surface area contributed by atoms with E-state index in [0.717, 1.165) is 4.31 Å². The Labute approximate surface area is 109 Å². The lowest BCUT2D eigenvalue weighted by atomic mass is 10.2. The van der Waals surface area contributed by atoms with E-state index in [1.54, 1.807) is 0 Å². The highest BCUT2D eigenvalue weighted by Crippen LogP contribution is 2.15. The van der Waals surface area contributed by atoms with Gasteiger partial charge in [0.05, 0.1) is 4.92 Å². The van der Waals surface area contributed by atoms with Crippen molar-refractivity contribution in [3.05, 3.63) is 39.9 Å². The third kappa shape index (κ3) is 4.30. The molecule has 0 aromatic heterocycles. The lowest BCUT2D eigenvalue weighted by molar-refractivity contribution is -0.384. The maximum atomic E-state index is 11.6. The van der Waals surface area contributed by atoms with Gasteiger partial charge in [0.25, 0.3) is 5.69 Å². The summed E-state index contributed by atoms with van der Waals surface area (Å²) in [5.74, 6) is -2.47. The van der Waals surface area contributed by atoms with Crippen molar-refractivity contribution in [3.63, 3.8) is 0 Å². The van der Waals surface area contributed by atoms with Gasteiger partial charge in [-0.05, 0) is 5.56 Å². The second-order valence-corrected chi connectivity index (χ2v) is 5.91. The number of benzene rings is 1. The van der Waals surface area contributed by atoms with E-state index in [1.165, 1.54) is 31.3 Å². The predicted molar refractivity (Wildman–Crippen MR) is 66.0 cm³/mol. The molecule has 0 saturated heterocycles. The largest absolute Gasteiger partial charge is 0.480 e. The van der Waals surface area contributed by atoms with Gasteiger partial charge in [-0.3, -0.25) is 14.9 Å². The van der Waals surface area contributed by atoms with Crippen LogP contribution in [0.3, 0.4) is 0 Å². The fraction of sp³-hybridized carbons (Fsp3) is 0.300. The summed E-state index contributed by atoms with van der Waals surface area (Å²) in [5.41, 5.74) is 0.257. The van der Waals surface area contributed by atoms with Crippen molar-refractivity contribution in [3.8, 4) is 0 Å². The molecular formula is C10H12N2O6S. The molecule has 19 heavy (non-hydrogen) atoms. The number of non-ortho nitro benzene ring substituents is 1. The molecule has 0 aliphatic carbocycles. The first kappa shape index (κ1) is 15.1. The quantitative estimate of drug-likeness (QED) is 0.599. The van der Waals surface area contributed by atoms with Crippen molar-refractivity contribution in [2.24, 2.45) is 0 Å². The van der Waals surface area contributed by atoms with Crippen molar-refractivity contribution in [1.82, 2.24) is 4.31 Å². The molecule has 0 amide bonds. The Kier molecular flexibility index (Phi) is 4.57. The normalized spacial score (nSPS) is 11.5. The van der Waals surface area contributed by atoms with Gasteiger partial charge >= 0.3 is 5.97 Å². The van der Waals surface area contributed by atoms with Crippen LogP contribution in [0.1, 0.15) is 5.56 Å². The Morgan fingerprint density at radius 1 is 1.47 bits per heavy atom. The first-order valence-corrected chi connectivity index (χ1v) is 6.72. The Balaban J connectivity index is 2.88. The summed E-state index contributed by atoms with van der Waals surface area (Å²) < 4.78 is 24.0. The summed E-state index contributed by atoms with van der Waals surface area (Å²) in [6.07, 6.45) is 0. The fourth-order valence-electron chi connectivity index (χ4n) is 1.39. The number of nitrogens with zero attached hydrogens (tertiary/aromatic N) is 2. The van der Waals surface area contributed by atoms with Crippen LogP contribution in [0.15, 0.2) is 24.3 Å². The van der Waals surface area contributed by atoms with Gasteiger partial charge in [-0.15, -0.1) is 0 Å². The Hall–Kier alpha value is -2.00. The van der Waals surface area contributed by atoms with E-state index in [1.807, 2.05) is 0 Å². The molecule has 104 valence electrons. The van der Waals surface area contributed by atoms with Gasteiger partial charge < -0.3 is 5.11 Å². The molecule has 1 N–H and O–H groups in total. The molecule has 0 aliphatic heterocycles. The second-order valence-electron chi connectivity index (χ2n) is 3.83. The molecule has 1 aromatic carbocycles. The van der Waals surface area contributed by atoms with E-state index in [0.29, 0.717) is 5.56 Å². The summed E-state index contributed by atoms with van der Waals surface area (Å²) in [5, 5.41) is 19.1. The standard InChI is InChI=1S/C10H12N2O6S/c1-11(19(17,18)7-10(13)14)6-8-3-2-4-9(5-8)12(15)16/h2-5H,6-7H2,1H3,(H,13,14). The van der Waals surface area contributed by atoms with Crippen molar-refractivity contribution in [2.45, 2.75) is 6.54 Å². The van der Waals surface area contributed by atoms with Crippen LogP contribution in [-0.2, 0) is 21.4 Å². The number of carboxylic acids is 1. The molecule has 9 heteroatoms. The number of nitro groups is 1. The molecule has 1 rings (SSSR count). The number of aliphatic carboxylic acids is 1. The molecule has 0 fully saturated rings. The van der Waals surface area contributed by atoms with E-state index in [-0.39, 0.29) is 12.2 Å². The second kappa shape index (κ2) is 5.76. The number of nitro benzene ring substituents is 1. The molecule has 8 nitrogen and oxygen atoms in total. The van der Waals surface area contributed by atoms with Gasteiger partial charge in [0, 0.05) is 25.7 Å². The Morgan fingerprint density at radius 3 is 2.63 bits per heavy atom. The molecule has 0 unspecified atom stereocenters. The molecule has 0 heterocycles. The average Bonchev–Trinajstić information content (AvgIpc) is 2.27. The molecule has 0 aliphatic rings. The number of carboxylic acid groups (broad SMARTS) is 1. The van der Waals surface area contributed by atoms with E-state index in [9.17, 15) is 23.3 Å².